The maximum atomic E-state index is 13.8. The molecule has 190 valence electrons. The maximum absolute atomic E-state index is 13.8. The Hall–Kier alpha value is -3.27. The molecule has 2 aromatic heterocycles. The quantitative estimate of drug-likeness (QED) is 0.302. The fourth-order valence-corrected chi connectivity index (χ4v) is 4.42. The zero-order chi connectivity index (χ0) is 26.4. The summed E-state index contributed by atoms with van der Waals surface area (Å²) in [5.74, 6) is 0.240. The highest BCUT2D eigenvalue weighted by atomic mass is 35.5. The molecule has 0 amide bonds. The minimum atomic E-state index is -1.43. The lowest BCUT2D eigenvalue weighted by Crippen LogP contribution is -2.38. The molecule has 11 heteroatoms. The molecule has 7 nitrogen and oxygen atoms in total. The monoisotopic (exact) mass is 521 g/mol. The molecule has 37 heavy (non-hydrogen) atoms. The van der Waals surface area contributed by atoms with Crippen molar-refractivity contribution in [2.75, 3.05) is 23.9 Å². The van der Waals surface area contributed by atoms with Crippen molar-refractivity contribution in [3.05, 3.63) is 71.0 Å². The van der Waals surface area contributed by atoms with E-state index in [0.717, 1.165) is 0 Å². The zero-order valence-corrected chi connectivity index (χ0v) is 21.7. The summed E-state index contributed by atoms with van der Waals surface area (Å²) in [6.07, 6.45) is 4.47. The highest BCUT2D eigenvalue weighted by Crippen LogP contribution is 2.44. The van der Waals surface area contributed by atoms with Crippen LogP contribution in [0.4, 0.5) is 20.3 Å². The van der Waals surface area contributed by atoms with Crippen molar-refractivity contribution >= 4 is 41.9 Å². The van der Waals surface area contributed by atoms with Crippen molar-refractivity contribution < 1.29 is 8.78 Å². The van der Waals surface area contributed by atoms with E-state index in [4.69, 9.17) is 19.4 Å². The number of anilines is 2. The highest BCUT2D eigenvalue weighted by Gasteiger charge is 2.47. The summed E-state index contributed by atoms with van der Waals surface area (Å²) < 4.78 is 29.0. The van der Waals surface area contributed by atoms with Crippen molar-refractivity contribution in [2.45, 2.75) is 44.6 Å². The predicted molar refractivity (Wildman–Crippen MR) is 142 cm³/mol. The van der Waals surface area contributed by atoms with Gasteiger partial charge < -0.3 is 10.6 Å². The minimum Gasteiger partial charge on any atom is -0.378 e. The average Bonchev–Trinajstić information content (AvgIpc) is 3.49. The van der Waals surface area contributed by atoms with E-state index in [9.17, 15) is 8.78 Å². The van der Waals surface area contributed by atoms with Crippen LogP contribution < -0.4 is 10.6 Å². The number of fused-ring (bicyclic) bond motifs is 1. The van der Waals surface area contributed by atoms with Crippen LogP contribution in [-0.4, -0.2) is 46.0 Å². The van der Waals surface area contributed by atoms with Crippen LogP contribution in [-0.2, 0) is 11.0 Å². The summed E-state index contributed by atoms with van der Waals surface area (Å²) in [6.45, 7) is 6.51. The second-order valence-electron chi connectivity index (χ2n) is 10.8. The molecular weight excluding hydrogens is 495 g/mol. The SMILES string of the molecule is [B]C(Nc1cc(Cl)c2ncnc(NCC(C)(C)C)c2c1)(c1ccc(F)cc1)c1cn(C2(CF)CC2)nn1. The molecule has 2 N–H and O–H groups in total. The van der Waals surface area contributed by atoms with Gasteiger partial charge in [0.25, 0.3) is 0 Å². The van der Waals surface area contributed by atoms with Crippen LogP contribution in [0.2, 0.25) is 5.02 Å². The third-order valence-electron chi connectivity index (χ3n) is 6.58. The third kappa shape index (κ3) is 4.99. The van der Waals surface area contributed by atoms with E-state index in [1.807, 2.05) is 6.07 Å². The molecule has 1 saturated carbocycles. The van der Waals surface area contributed by atoms with Gasteiger partial charge >= 0.3 is 0 Å². The fourth-order valence-electron chi connectivity index (χ4n) is 4.16. The number of hydrogen-bond acceptors (Lipinski definition) is 6. The predicted octanol–water partition coefficient (Wildman–Crippen LogP) is 5.41. The Morgan fingerprint density at radius 1 is 1.14 bits per heavy atom. The number of hydrogen-bond donors (Lipinski definition) is 2. The van der Waals surface area contributed by atoms with Gasteiger partial charge in [0.2, 0.25) is 0 Å². The van der Waals surface area contributed by atoms with E-state index in [-0.39, 0.29) is 5.41 Å². The van der Waals surface area contributed by atoms with Gasteiger partial charge in [0, 0.05) is 17.6 Å². The van der Waals surface area contributed by atoms with Crippen molar-refractivity contribution in [2.24, 2.45) is 5.41 Å². The molecule has 0 bridgehead atoms. The number of nitrogens with zero attached hydrogens (tertiary/aromatic N) is 5. The molecule has 2 radical (unpaired) electrons. The molecule has 0 saturated heterocycles. The number of rotatable bonds is 8. The molecule has 5 rings (SSSR count). The molecule has 4 aromatic rings. The summed E-state index contributed by atoms with van der Waals surface area (Å²) in [7, 11) is 6.96. The van der Waals surface area contributed by atoms with Gasteiger partial charge in [-0.15, -0.1) is 5.10 Å². The second-order valence-corrected chi connectivity index (χ2v) is 11.2. The third-order valence-corrected chi connectivity index (χ3v) is 6.87. The molecule has 1 aliphatic carbocycles. The molecule has 0 spiro atoms. The number of halogens is 3. The van der Waals surface area contributed by atoms with E-state index in [2.05, 4.69) is 51.7 Å². The number of benzene rings is 2. The molecule has 2 heterocycles. The average molecular weight is 522 g/mol. The standard InChI is InChI=1S/C26H27BClF2N7/c1-24(2,3)14-31-23-19-10-18(11-20(28)22(19)32-15-33-23)34-26(27,16-4-6-17(30)7-5-16)21-12-37(36-35-21)25(13-29)8-9-25/h4-7,10-12,15,34H,8-9,13-14H2,1-3H3,(H,31,32,33). The molecular formula is C26H27BClF2N7. The summed E-state index contributed by atoms with van der Waals surface area (Å²) >= 11 is 6.63. The van der Waals surface area contributed by atoms with Gasteiger partial charge in [-0.3, -0.25) is 0 Å². The largest absolute Gasteiger partial charge is 0.378 e. The van der Waals surface area contributed by atoms with Crippen LogP contribution in [0.3, 0.4) is 0 Å². The van der Waals surface area contributed by atoms with Crippen LogP contribution >= 0.6 is 11.6 Å². The van der Waals surface area contributed by atoms with Crippen LogP contribution in [0.25, 0.3) is 10.9 Å². The van der Waals surface area contributed by atoms with E-state index in [1.54, 1.807) is 24.4 Å². The topological polar surface area (TPSA) is 80.5 Å². The van der Waals surface area contributed by atoms with Gasteiger partial charge in [-0.05, 0) is 48.1 Å². The van der Waals surface area contributed by atoms with E-state index in [0.29, 0.717) is 58.1 Å². The first-order chi connectivity index (χ1) is 17.5. The maximum Gasteiger partial charge on any atom is 0.137 e. The Kier molecular flexibility index (Phi) is 6.34. The summed E-state index contributed by atoms with van der Waals surface area (Å²) in [6, 6.07) is 9.36. The van der Waals surface area contributed by atoms with Crippen molar-refractivity contribution in [3.8, 4) is 0 Å². The first-order valence-electron chi connectivity index (χ1n) is 12.0. The van der Waals surface area contributed by atoms with Crippen molar-refractivity contribution in [3.63, 3.8) is 0 Å². The van der Waals surface area contributed by atoms with Crippen molar-refractivity contribution in [1.82, 2.24) is 25.0 Å². The molecule has 1 fully saturated rings. The van der Waals surface area contributed by atoms with Gasteiger partial charge in [0.15, 0.2) is 0 Å². The summed E-state index contributed by atoms with van der Waals surface area (Å²) in [5, 5.41) is 16.3. The molecule has 0 aliphatic heterocycles. The second kappa shape index (κ2) is 9.24. The van der Waals surface area contributed by atoms with Gasteiger partial charge in [0.05, 0.1) is 27.7 Å². The van der Waals surface area contributed by atoms with Crippen LogP contribution in [0.1, 0.15) is 44.9 Å². The minimum absolute atomic E-state index is 0.0241. The van der Waals surface area contributed by atoms with Crippen molar-refractivity contribution in [1.29, 1.82) is 0 Å². The van der Waals surface area contributed by atoms with Crippen LogP contribution in [0.15, 0.2) is 48.9 Å². The molecule has 1 atom stereocenters. The van der Waals surface area contributed by atoms with Gasteiger partial charge in [-0.2, -0.15) is 0 Å². The first kappa shape index (κ1) is 25.4. The molecule has 1 unspecified atom stereocenters. The molecule has 1 aliphatic rings. The lowest BCUT2D eigenvalue weighted by Gasteiger charge is -2.32. The van der Waals surface area contributed by atoms with Gasteiger partial charge in [-0.1, -0.05) is 49.7 Å². The van der Waals surface area contributed by atoms with E-state index in [1.165, 1.54) is 23.1 Å². The summed E-state index contributed by atoms with van der Waals surface area (Å²) in [5.41, 5.74) is -0.0262. The molecule has 2 aromatic carbocycles. The Labute approximate surface area is 220 Å². The normalized spacial score (nSPS) is 16.4. The van der Waals surface area contributed by atoms with Gasteiger partial charge in [0.1, 0.15) is 38.2 Å². The zero-order valence-electron chi connectivity index (χ0n) is 20.9. The summed E-state index contributed by atoms with van der Waals surface area (Å²) in [4.78, 5) is 8.77. The van der Waals surface area contributed by atoms with Crippen LogP contribution in [0.5, 0.6) is 0 Å². The first-order valence-corrected chi connectivity index (χ1v) is 12.4. The van der Waals surface area contributed by atoms with Crippen LogP contribution in [0, 0.1) is 11.2 Å². The lowest BCUT2D eigenvalue weighted by molar-refractivity contribution is 0.309. The van der Waals surface area contributed by atoms with E-state index >= 15 is 0 Å². The number of aromatic nitrogens is 5. The Bertz CT molecular complexity index is 1430. The fraction of sp³-hybridized carbons (Fsp3) is 0.385. The Morgan fingerprint density at radius 3 is 2.51 bits per heavy atom. The highest BCUT2D eigenvalue weighted by molar-refractivity contribution is 6.35. The number of nitrogens with one attached hydrogen (secondary N) is 2. The van der Waals surface area contributed by atoms with Gasteiger partial charge in [-0.25, -0.2) is 23.4 Å². The smallest absolute Gasteiger partial charge is 0.137 e. The lowest BCUT2D eigenvalue weighted by atomic mass is 9.69. The van der Waals surface area contributed by atoms with E-state index < -0.39 is 23.5 Å². The number of alkyl halides is 1. The Morgan fingerprint density at radius 2 is 1.86 bits per heavy atom. The Balaban J connectivity index is 1.58.